The summed E-state index contributed by atoms with van der Waals surface area (Å²) in [7, 11) is 1.95. The fourth-order valence-corrected chi connectivity index (χ4v) is 2.98. The van der Waals surface area contributed by atoms with Gasteiger partial charge >= 0.3 is 0 Å². The van der Waals surface area contributed by atoms with Crippen LogP contribution in [-0.2, 0) is 13.6 Å². The maximum atomic E-state index is 9.36. The van der Waals surface area contributed by atoms with Crippen LogP contribution >= 0.6 is 15.9 Å². The SMILES string of the molecule is Cn1c(C#N)c(CNC2CC2)c2c(Br)cccc21. The Kier molecular flexibility index (Phi) is 2.89. The van der Waals surface area contributed by atoms with Gasteiger partial charge in [-0.15, -0.1) is 0 Å². The molecule has 1 N–H and O–H groups in total. The first kappa shape index (κ1) is 11.8. The summed E-state index contributed by atoms with van der Waals surface area (Å²) in [4.78, 5) is 0. The van der Waals surface area contributed by atoms with Crippen LogP contribution in [0.3, 0.4) is 0 Å². The molecule has 1 aromatic heterocycles. The molecule has 1 aliphatic carbocycles. The van der Waals surface area contributed by atoms with Crippen molar-refractivity contribution in [3.05, 3.63) is 33.9 Å². The van der Waals surface area contributed by atoms with Crippen molar-refractivity contribution in [1.82, 2.24) is 9.88 Å². The molecule has 92 valence electrons. The van der Waals surface area contributed by atoms with Crippen molar-refractivity contribution in [1.29, 1.82) is 5.26 Å². The van der Waals surface area contributed by atoms with E-state index in [1.165, 1.54) is 12.8 Å². The molecule has 0 spiro atoms. The molecule has 3 rings (SSSR count). The molecule has 0 saturated heterocycles. The van der Waals surface area contributed by atoms with E-state index in [0.717, 1.165) is 33.2 Å². The Morgan fingerprint density at radius 2 is 2.28 bits per heavy atom. The second-order valence-corrected chi connectivity index (χ2v) is 5.64. The molecule has 0 amide bonds. The number of halogens is 1. The standard InChI is InChI=1S/C14H14BrN3/c1-18-12-4-2-3-11(15)14(12)10(13(18)7-16)8-17-9-5-6-9/h2-4,9,17H,5-6,8H2,1H3. The largest absolute Gasteiger partial charge is 0.335 e. The van der Waals surface area contributed by atoms with E-state index in [-0.39, 0.29) is 0 Å². The molecule has 1 aromatic carbocycles. The third kappa shape index (κ3) is 1.84. The number of nitrogens with one attached hydrogen (secondary N) is 1. The second kappa shape index (κ2) is 4.42. The van der Waals surface area contributed by atoms with Crippen LogP contribution in [0.4, 0.5) is 0 Å². The van der Waals surface area contributed by atoms with Crippen molar-refractivity contribution < 1.29 is 0 Å². The Hall–Kier alpha value is -1.31. The van der Waals surface area contributed by atoms with E-state index in [2.05, 4.69) is 33.4 Å². The first-order valence-electron chi connectivity index (χ1n) is 6.11. The van der Waals surface area contributed by atoms with Gasteiger partial charge in [0.25, 0.3) is 0 Å². The molecule has 0 radical (unpaired) electrons. The Balaban J connectivity index is 2.16. The van der Waals surface area contributed by atoms with Gasteiger partial charge in [0.2, 0.25) is 0 Å². The molecule has 0 bridgehead atoms. The maximum absolute atomic E-state index is 9.36. The summed E-state index contributed by atoms with van der Waals surface area (Å²) in [6.45, 7) is 0.771. The van der Waals surface area contributed by atoms with E-state index in [4.69, 9.17) is 0 Å². The van der Waals surface area contributed by atoms with Crippen molar-refractivity contribution in [2.45, 2.75) is 25.4 Å². The minimum atomic E-state index is 0.647. The van der Waals surface area contributed by atoms with E-state index in [0.29, 0.717) is 6.04 Å². The summed E-state index contributed by atoms with van der Waals surface area (Å²) in [6.07, 6.45) is 2.52. The molecule has 1 fully saturated rings. The molecule has 0 unspecified atom stereocenters. The Morgan fingerprint density at radius 3 is 2.94 bits per heavy atom. The number of nitriles is 1. The number of hydrogen-bond donors (Lipinski definition) is 1. The van der Waals surface area contributed by atoms with Crippen molar-refractivity contribution in [3.63, 3.8) is 0 Å². The van der Waals surface area contributed by atoms with Gasteiger partial charge in [0, 0.05) is 35.1 Å². The van der Waals surface area contributed by atoms with E-state index in [9.17, 15) is 5.26 Å². The predicted octanol–water partition coefficient (Wildman–Crippen LogP) is 3.06. The molecule has 3 nitrogen and oxygen atoms in total. The van der Waals surface area contributed by atoms with Gasteiger partial charge in [0.05, 0.1) is 5.52 Å². The topological polar surface area (TPSA) is 40.8 Å². The third-order valence-electron chi connectivity index (χ3n) is 3.53. The van der Waals surface area contributed by atoms with Crippen LogP contribution in [0.15, 0.2) is 22.7 Å². The number of hydrogen-bond acceptors (Lipinski definition) is 2. The van der Waals surface area contributed by atoms with Crippen LogP contribution in [0.1, 0.15) is 24.1 Å². The average molecular weight is 304 g/mol. The van der Waals surface area contributed by atoms with E-state index in [1.807, 2.05) is 23.7 Å². The maximum Gasteiger partial charge on any atom is 0.125 e. The lowest BCUT2D eigenvalue weighted by molar-refractivity contribution is 0.687. The summed E-state index contributed by atoms with van der Waals surface area (Å²) in [6, 6.07) is 9.07. The van der Waals surface area contributed by atoms with Gasteiger partial charge in [-0.2, -0.15) is 5.26 Å². The lowest BCUT2D eigenvalue weighted by atomic mass is 10.1. The van der Waals surface area contributed by atoms with Gasteiger partial charge in [-0.1, -0.05) is 22.0 Å². The van der Waals surface area contributed by atoms with Crippen LogP contribution in [0.2, 0.25) is 0 Å². The molecule has 1 aliphatic rings. The van der Waals surface area contributed by atoms with E-state index < -0.39 is 0 Å². The zero-order chi connectivity index (χ0) is 12.7. The Morgan fingerprint density at radius 1 is 1.50 bits per heavy atom. The number of benzene rings is 1. The minimum absolute atomic E-state index is 0.647. The number of rotatable bonds is 3. The van der Waals surface area contributed by atoms with Crippen LogP contribution in [0, 0.1) is 11.3 Å². The van der Waals surface area contributed by atoms with Gasteiger partial charge in [0.1, 0.15) is 11.8 Å². The lowest BCUT2D eigenvalue weighted by Gasteiger charge is -2.03. The number of nitrogens with zero attached hydrogens (tertiary/aromatic N) is 2. The molecule has 0 atom stereocenters. The lowest BCUT2D eigenvalue weighted by Crippen LogP contribution is -2.16. The third-order valence-corrected chi connectivity index (χ3v) is 4.19. The predicted molar refractivity (Wildman–Crippen MR) is 75.2 cm³/mol. The highest BCUT2D eigenvalue weighted by molar-refractivity contribution is 9.10. The smallest absolute Gasteiger partial charge is 0.125 e. The Labute approximate surface area is 115 Å². The fraction of sp³-hybridized carbons (Fsp3) is 0.357. The zero-order valence-corrected chi connectivity index (χ0v) is 11.8. The van der Waals surface area contributed by atoms with Gasteiger partial charge in [-0.3, -0.25) is 0 Å². The second-order valence-electron chi connectivity index (χ2n) is 4.79. The average Bonchev–Trinajstić information content (AvgIpc) is 3.14. The van der Waals surface area contributed by atoms with Gasteiger partial charge in [0.15, 0.2) is 0 Å². The zero-order valence-electron chi connectivity index (χ0n) is 10.2. The van der Waals surface area contributed by atoms with Crippen molar-refractivity contribution in [2.75, 3.05) is 0 Å². The highest BCUT2D eigenvalue weighted by atomic mass is 79.9. The fourth-order valence-electron chi connectivity index (χ4n) is 2.38. The summed E-state index contributed by atoms with van der Waals surface area (Å²) in [5.74, 6) is 0. The number of aromatic nitrogens is 1. The van der Waals surface area contributed by atoms with E-state index >= 15 is 0 Å². The summed E-state index contributed by atoms with van der Waals surface area (Å²) in [5, 5.41) is 14.0. The van der Waals surface area contributed by atoms with Gasteiger partial charge < -0.3 is 9.88 Å². The first-order valence-corrected chi connectivity index (χ1v) is 6.91. The quantitative estimate of drug-likeness (QED) is 0.947. The first-order chi connectivity index (χ1) is 8.72. The van der Waals surface area contributed by atoms with Crippen molar-refractivity contribution in [3.8, 4) is 6.07 Å². The van der Waals surface area contributed by atoms with Gasteiger partial charge in [-0.25, -0.2) is 0 Å². The number of fused-ring (bicyclic) bond motifs is 1. The highest BCUT2D eigenvalue weighted by Gasteiger charge is 2.23. The van der Waals surface area contributed by atoms with Crippen LogP contribution < -0.4 is 5.32 Å². The molecule has 18 heavy (non-hydrogen) atoms. The summed E-state index contributed by atoms with van der Waals surface area (Å²) < 4.78 is 3.04. The molecular formula is C14H14BrN3. The highest BCUT2D eigenvalue weighted by Crippen LogP contribution is 2.32. The van der Waals surface area contributed by atoms with Crippen molar-refractivity contribution >= 4 is 26.8 Å². The normalized spacial score (nSPS) is 14.9. The van der Waals surface area contributed by atoms with E-state index in [1.54, 1.807) is 0 Å². The van der Waals surface area contributed by atoms with Crippen LogP contribution in [0.25, 0.3) is 10.9 Å². The number of aryl methyl sites for hydroxylation is 1. The Bertz CT molecular complexity index is 647. The van der Waals surface area contributed by atoms with Crippen molar-refractivity contribution in [2.24, 2.45) is 7.05 Å². The van der Waals surface area contributed by atoms with Crippen LogP contribution in [-0.4, -0.2) is 10.6 Å². The molecule has 1 saturated carbocycles. The molecule has 1 heterocycles. The molecule has 2 aromatic rings. The molecule has 0 aliphatic heterocycles. The van der Waals surface area contributed by atoms with Gasteiger partial charge in [-0.05, 0) is 25.0 Å². The minimum Gasteiger partial charge on any atom is -0.335 e. The molecular weight excluding hydrogens is 290 g/mol. The summed E-state index contributed by atoms with van der Waals surface area (Å²) in [5.41, 5.74) is 2.97. The summed E-state index contributed by atoms with van der Waals surface area (Å²) >= 11 is 3.60. The monoisotopic (exact) mass is 303 g/mol. The van der Waals surface area contributed by atoms with Crippen LogP contribution in [0.5, 0.6) is 0 Å². The molecule has 4 heteroatoms.